The molecule has 1 atom stereocenters. The lowest BCUT2D eigenvalue weighted by Crippen LogP contribution is -2.23. The van der Waals surface area contributed by atoms with Gasteiger partial charge in [-0.15, -0.1) is 10.2 Å². The monoisotopic (exact) mass is 365 g/mol. The predicted molar refractivity (Wildman–Crippen MR) is 97.6 cm³/mol. The van der Waals surface area contributed by atoms with E-state index in [-0.39, 0.29) is 0 Å². The van der Waals surface area contributed by atoms with E-state index in [1.165, 1.54) is 6.39 Å². The fraction of sp³-hybridized carbons (Fsp3) is 0.200. The molecule has 2 aromatic carbocycles. The Labute approximate surface area is 156 Å². The van der Waals surface area contributed by atoms with Crippen LogP contribution in [0.2, 0.25) is 0 Å². The fourth-order valence-corrected chi connectivity index (χ4v) is 2.82. The maximum atomic E-state index is 5.98. The molecule has 0 amide bonds. The maximum absolute atomic E-state index is 5.98. The van der Waals surface area contributed by atoms with Crippen LogP contribution < -0.4 is 15.0 Å². The first-order valence-corrected chi connectivity index (χ1v) is 8.46. The molecule has 1 aliphatic heterocycles. The van der Waals surface area contributed by atoms with Crippen molar-refractivity contribution in [2.75, 3.05) is 7.11 Å². The largest absolute Gasteiger partial charge is 0.493 e. The fourth-order valence-electron chi connectivity index (χ4n) is 2.82. The van der Waals surface area contributed by atoms with Gasteiger partial charge in [0.05, 0.1) is 12.8 Å². The Hall–Kier alpha value is -3.32. The van der Waals surface area contributed by atoms with Crippen molar-refractivity contribution >= 4 is 5.70 Å². The number of nitrogens with zero attached hydrogens (tertiary/aromatic N) is 2. The normalized spacial score (nSPS) is 18.7. The summed E-state index contributed by atoms with van der Waals surface area (Å²) in [6, 6.07) is 15.7. The second-order valence-corrected chi connectivity index (χ2v) is 6.25. The molecule has 0 bridgehead atoms. The first-order valence-electron chi connectivity index (χ1n) is 8.46. The molecule has 1 aliphatic rings. The van der Waals surface area contributed by atoms with Crippen LogP contribution in [0.1, 0.15) is 23.9 Å². The number of methoxy groups -OCH3 is 1. The topological polar surface area (TPSA) is 78.6 Å². The summed E-state index contributed by atoms with van der Waals surface area (Å²) in [7, 11) is 1.62. The average Bonchev–Trinajstić information content (AvgIpc) is 3.38. The Morgan fingerprint density at radius 3 is 2.70 bits per heavy atom. The number of aromatic nitrogens is 2. The van der Waals surface area contributed by atoms with Crippen LogP contribution in [-0.2, 0) is 17.0 Å². The van der Waals surface area contributed by atoms with Crippen LogP contribution in [0.25, 0.3) is 5.70 Å². The predicted octanol–water partition coefficient (Wildman–Crippen LogP) is 3.45. The zero-order chi connectivity index (χ0) is 18.7. The van der Waals surface area contributed by atoms with Crippen LogP contribution in [0.5, 0.6) is 11.5 Å². The smallest absolute Gasteiger partial charge is 0.254 e. The molecular weight excluding hydrogens is 346 g/mol. The zero-order valence-corrected chi connectivity index (χ0v) is 15.0. The molecule has 27 heavy (non-hydrogen) atoms. The molecule has 7 heteroatoms. The molecule has 1 aromatic heterocycles. The highest BCUT2D eigenvalue weighted by molar-refractivity contribution is 5.68. The van der Waals surface area contributed by atoms with E-state index in [2.05, 4.69) is 15.7 Å². The minimum atomic E-state index is -0.836. The highest BCUT2D eigenvalue weighted by Crippen LogP contribution is 2.36. The van der Waals surface area contributed by atoms with Crippen LogP contribution in [0.15, 0.2) is 65.4 Å². The summed E-state index contributed by atoms with van der Waals surface area (Å²) < 4.78 is 16.7. The van der Waals surface area contributed by atoms with E-state index in [9.17, 15) is 0 Å². The summed E-state index contributed by atoms with van der Waals surface area (Å²) >= 11 is 0. The van der Waals surface area contributed by atoms with Gasteiger partial charge in [0.1, 0.15) is 6.61 Å². The second-order valence-electron chi connectivity index (χ2n) is 6.25. The second kappa shape index (κ2) is 7.13. The van der Waals surface area contributed by atoms with E-state index in [4.69, 9.17) is 18.7 Å². The number of hydrogen-bond acceptors (Lipinski definition) is 7. The highest BCUT2D eigenvalue weighted by atomic mass is 16.7. The van der Waals surface area contributed by atoms with Crippen molar-refractivity contribution in [3.8, 4) is 11.5 Å². The third-order valence-corrected chi connectivity index (χ3v) is 4.29. The van der Waals surface area contributed by atoms with Crippen LogP contribution in [0.4, 0.5) is 0 Å². The number of benzene rings is 2. The van der Waals surface area contributed by atoms with Crippen LogP contribution in [-0.4, -0.2) is 17.3 Å². The summed E-state index contributed by atoms with van der Waals surface area (Å²) in [4.78, 5) is 5.67. The molecule has 1 N–H and O–H groups in total. The molecule has 138 valence electrons. The molecule has 0 aliphatic carbocycles. The van der Waals surface area contributed by atoms with Gasteiger partial charge in [-0.3, -0.25) is 10.3 Å². The van der Waals surface area contributed by atoms with E-state index >= 15 is 0 Å². The van der Waals surface area contributed by atoms with Gasteiger partial charge in [-0.05, 0) is 36.8 Å². The van der Waals surface area contributed by atoms with Gasteiger partial charge in [-0.1, -0.05) is 30.3 Å². The molecule has 1 unspecified atom stereocenters. The standard InChI is InChI=1S/C20H19N3O4/c1-20(19-22-21-13-26-19)11-16(23-27-20)15-8-9-17(24-2)18(10-15)25-12-14-6-4-3-5-7-14/h3-11,13,23H,12H2,1-2H3. The molecule has 2 heterocycles. The molecule has 4 rings (SSSR count). The lowest BCUT2D eigenvalue weighted by atomic mass is 10.0. The van der Waals surface area contributed by atoms with E-state index in [0.29, 0.717) is 24.0 Å². The molecule has 0 radical (unpaired) electrons. The van der Waals surface area contributed by atoms with Crippen LogP contribution >= 0.6 is 0 Å². The van der Waals surface area contributed by atoms with Gasteiger partial charge in [0, 0.05) is 5.56 Å². The average molecular weight is 365 g/mol. The maximum Gasteiger partial charge on any atom is 0.254 e. The molecule has 0 spiro atoms. The molecular formula is C20H19N3O4. The summed E-state index contributed by atoms with van der Waals surface area (Å²) in [6.45, 7) is 2.29. The Bertz CT molecular complexity index is 941. The van der Waals surface area contributed by atoms with Gasteiger partial charge >= 0.3 is 0 Å². The highest BCUT2D eigenvalue weighted by Gasteiger charge is 2.37. The molecule has 0 saturated carbocycles. The number of ether oxygens (including phenoxy) is 2. The minimum Gasteiger partial charge on any atom is -0.493 e. The summed E-state index contributed by atoms with van der Waals surface area (Å²) in [6.07, 6.45) is 3.17. The molecule has 0 saturated heterocycles. The first kappa shape index (κ1) is 17.1. The Morgan fingerprint density at radius 1 is 1.11 bits per heavy atom. The van der Waals surface area contributed by atoms with E-state index in [0.717, 1.165) is 16.8 Å². The SMILES string of the molecule is COc1ccc(C2=CC(C)(c3nnco3)ON2)cc1OCc1ccccc1. The number of hydrogen-bond donors (Lipinski definition) is 1. The van der Waals surface area contributed by atoms with E-state index in [1.807, 2.05) is 61.5 Å². The molecule has 3 aromatic rings. The van der Waals surface area contributed by atoms with Gasteiger partial charge in [0.15, 0.2) is 17.1 Å². The Kier molecular flexibility index (Phi) is 4.52. The van der Waals surface area contributed by atoms with Crippen LogP contribution in [0.3, 0.4) is 0 Å². The quantitative estimate of drug-likeness (QED) is 0.717. The number of rotatable bonds is 6. The van der Waals surface area contributed by atoms with Crippen LogP contribution in [0, 0.1) is 0 Å². The zero-order valence-electron chi connectivity index (χ0n) is 15.0. The third kappa shape index (κ3) is 3.50. The van der Waals surface area contributed by atoms with Crippen molar-refractivity contribution < 1.29 is 18.7 Å². The lowest BCUT2D eigenvalue weighted by molar-refractivity contribution is -0.0418. The van der Waals surface area contributed by atoms with E-state index in [1.54, 1.807) is 7.11 Å². The van der Waals surface area contributed by atoms with Crippen molar-refractivity contribution in [1.82, 2.24) is 15.7 Å². The van der Waals surface area contributed by atoms with Gasteiger partial charge in [-0.25, -0.2) is 0 Å². The molecule has 0 fully saturated rings. The number of nitrogens with one attached hydrogen (secondary N) is 1. The minimum absolute atomic E-state index is 0.374. The van der Waals surface area contributed by atoms with E-state index < -0.39 is 5.60 Å². The van der Waals surface area contributed by atoms with Crippen molar-refractivity contribution in [3.05, 3.63) is 78.0 Å². The van der Waals surface area contributed by atoms with Gasteiger partial charge < -0.3 is 13.9 Å². The number of hydroxylamine groups is 1. The van der Waals surface area contributed by atoms with Gasteiger partial charge in [0.2, 0.25) is 6.39 Å². The summed E-state index contributed by atoms with van der Waals surface area (Å²) in [5, 5.41) is 7.64. The van der Waals surface area contributed by atoms with Gasteiger partial charge in [-0.2, -0.15) is 0 Å². The first-order chi connectivity index (χ1) is 13.2. The molecule has 7 nitrogen and oxygen atoms in total. The Morgan fingerprint density at radius 2 is 1.96 bits per heavy atom. The third-order valence-electron chi connectivity index (χ3n) is 4.29. The Balaban J connectivity index is 1.59. The summed E-state index contributed by atoms with van der Waals surface area (Å²) in [5.74, 6) is 1.68. The van der Waals surface area contributed by atoms with Crippen molar-refractivity contribution in [1.29, 1.82) is 0 Å². The summed E-state index contributed by atoms with van der Waals surface area (Å²) in [5.41, 5.74) is 4.84. The van der Waals surface area contributed by atoms with Gasteiger partial charge in [0.25, 0.3) is 5.89 Å². The lowest BCUT2D eigenvalue weighted by Gasteiger charge is -2.14. The van der Waals surface area contributed by atoms with Crippen molar-refractivity contribution in [3.63, 3.8) is 0 Å². The van der Waals surface area contributed by atoms with Crippen molar-refractivity contribution in [2.45, 2.75) is 19.1 Å². The van der Waals surface area contributed by atoms with Crippen molar-refractivity contribution in [2.24, 2.45) is 0 Å².